The zero-order valence-corrected chi connectivity index (χ0v) is 11.1. The molecule has 0 heterocycles. The molecule has 19 heavy (non-hydrogen) atoms. The van der Waals surface area contributed by atoms with Crippen LogP contribution in [0.4, 0.5) is 0 Å². The molecule has 0 spiro atoms. The molecule has 2 heteroatoms. The van der Waals surface area contributed by atoms with E-state index in [0.717, 1.165) is 17.6 Å². The lowest BCUT2D eigenvalue weighted by atomic mass is 9.93. The van der Waals surface area contributed by atoms with Crippen LogP contribution in [-0.4, -0.2) is 5.24 Å². The Bertz CT molecular complexity index is 643. The van der Waals surface area contributed by atoms with Gasteiger partial charge in [0.25, 0.3) is 0 Å². The zero-order chi connectivity index (χ0) is 13.2. The smallest absolute Gasteiger partial charge is 0.245 e. The fourth-order valence-corrected chi connectivity index (χ4v) is 2.92. The Morgan fingerprint density at radius 3 is 2.47 bits per heavy atom. The average molecular weight is 269 g/mol. The fraction of sp³-hybridized carbons (Fsp3) is 0.118. The minimum atomic E-state index is -0.404. The van der Waals surface area contributed by atoms with Crippen molar-refractivity contribution < 1.29 is 4.79 Å². The Morgan fingerprint density at radius 1 is 1.05 bits per heavy atom. The van der Waals surface area contributed by atoms with Crippen LogP contribution in [0.25, 0.3) is 5.57 Å². The topological polar surface area (TPSA) is 17.1 Å². The summed E-state index contributed by atoms with van der Waals surface area (Å²) >= 11 is 5.50. The van der Waals surface area contributed by atoms with Crippen LogP contribution < -0.4 is 0 Å². The maximum absolute atomic E-state index is 11.1. The zero-order valence-electron chi connectivity index (χ0n) is 10.3. The van der Waals surface area contributed by atoms with E-state index in [1.54, 1.807) is 6.08 Å². The second-order valence-corrected chi connectivity index (χ2v) is 5.10. The van der Waals surface area contributed by atoms with Gasteiger partial charge in [0.15, 0.2) is 0 Å². The fourth-order valence-electron chi connectivity index (χ4n) is 2.79. The lowest BCUT2D eigenvalue weighted by molar-refractivity contribution is -0.107. The number of fused-ring (bicyclic) bond motifs is 1. The van der Waals surface area contributed by atoms with Gasteiger partial charge >= 0.3 is 0 Å². The van der Waals surface area contributed by atoms with Gasteiger partial charge in [0.2, 0.25) is 5.24 Å². The normalized spacial score (nSPS) is 19.4. The van der Waals surface area contributed by atoms with Gasteiger partial charge in [-0.15, -0.1) is 0 Å². The second-order valence-electron chi connectivity index (χ2n) is 4.73. The monoisotopic (exact) mass is 268 g/mol. The molecule has 0 bridgehead atoms. The molecule has 0 aliphatic heterocycles. The summed E-state index contributed by atoms with van der Waals surface area (Å²) in [5, 5.41) is -0.404. The van der Waals surface area contributed by atoms with Gasteiger partial charge in [0, 0.05) is 12.0 Å². The van der Waals surface area contributed by atoms with E-state index in [9.17, 15) is 4.79 Å². The molecular weight excluding hydrogens is 256 g/mol. The Kier molecular flexibility index (Phi) is 3.22. The summed E-state index contributed by atoms with van der Waals surface area (Å²) in [6.45, 7) is 0. The van der Waals surface area contributed by atoms with Crippen LogP contribution in [0.1, 0.15) is 29.0 Å². The summed E-state index contributed by atoms with van der Waals surface area (Å²) in [6, 6.07) is 18.6. The summed E-state index contributed by atoms with van der Waals surface area (Å²) < 4.78 is 0. The molecule has 1 unspecified atom stereocenters. The van der Waals surface area contributed by atoms with Crippen molar-refractivity contribution in [2.75, 3.05) is 0 Å². The maximum Gasteiger partial charge on any atom is 0.245 e. The van der Waals surface area contributed by atoms with Crippen LogP contribution in [0.2, 0.25) is 0 Å². The van der Waals surface area contributed by atoms with Gasteiger partial charge in [-0.3, -0.25) is 4.79 Å². The van der Waals surface area contributed by atoms with Crippen LogP contribution >= 0.6 is 11.6 Å². The summed E-state index contributed by atoms with van der Waals surface area (Å²) in [7, 11) is 0. The molecule has 2 aromatic rings. The van der Waals surface area contributed by atoms with Crippen molar-refractivity contribution in [3.05, 3.63) is 77.4 Å². The standard InChI is InChI=1S/C17H13ClO/c18-17(19)11-13-10-16(12-6-2-1-3-7-12)15-9-5-4-8-14(13)15/h1-9,11,16H,10H2/b13-11-. The van der Waals surface area contributed by atoms with Gasteiger partial charge in [-0.1, -0.05) is 54.6 Å². The highest BCUT2D eigenvalue weighted by Crippen LogP contribution is 2.44. The molecule has 0 saturated carbocycles. The molecule has 0 N–H and O–H groups in total. The number of carbonyl (C=O) groups is 1. The molecule has 0 saturated heterocycles. The summed E-state index contributed by atoms with van der Waals surface area (Å²) in [4.78, 5) is 11.1. The number of carbonyl (C=O) groups excluding carboxylic acids is 1. The van der Waals surface area contributed by atoms with E-state index in [4.69, 9.17) is 11.6 Å². The van der Waals surface area contributed by atoms with E-state index in [1.807, 2.05) is 30.3 Å². The van der Waals surface area contributed by atoms with Gasteiger partial charge in [0.1, 0.15) is 0 Å². The lowest BCUT2D eigenvalue weighted by Gasteiger charge is -2.11. The number of allylic oxidation sites excluding steroid dienone is 2. The molecule has 2 aromatic carbocycles. The molecule has 3 rings (SSSR count). The maximum atomic E-state index is 11.1. The predicted molar refractivity (Wildman–Crippen MR) is 78.2 cm³/mol. The molecule has 1 atom stereocenters. The number of hydrogen-bond donors (Lipinski definition) is 0. The molecule has 0 radical (unpaired) electrons. The van der Waals surface area contributed by atoms with Crippen LogP contribution in [0.3, 0.4) is 0 Å². The van der Waals surface area contributed by atoms with E-state index in [2.05, 4.69) is 24.3 Å². The first-order valence-electron chi connectivity index (χ1n) is 6.30. The van der Waals surface area contributed by atoms with Crippen molar-refractivity contribution in [2.24, 2.45) is 0 Å². The van der Waals surface area contributed by atoms with Gasteiger partial charge < -0.3 is 0 Å². The Labute approximate surface area is 117 Å². The summed E-state index contributed by atoms with van der Waals surface area (Å²) in [5.74, 6) is 0.319. The van der Waals surface area contributed by atoms with Gasteiger partial charge in [0.05, 0.1) is 0 Å². The summed E-state index contributed by atoms with van der Waals surface area (Å²) in [5.41, 5.74) is 4.73. The van der Waals surface area contributed by atoms with E-state index >= 15 is 0 Å². The first kappa shape index (κ1) is 12.2. The van der Waals surface area contributed by atoms with Crippen molar-refractivity contribution >= 4 is 22.4 Å². The number of rotatable bonds is 2. The quantitative estimate of drug-likeness (QED) is 0.584. The number of hydrogen-bond acceptors (Lipinski definition) is 1. The first-order chi connectivity index (χ1) is 9.25. The van der Waals surface area contributed by atoms with Crippen molar-refractivity contribution in [2.45, 2.75) is 12.3 Å². The summed E-state index contributed by atoms with van der Waals surface area (Å²) in [6.07, 6.45) is 2.38. The van der Waals surface area contributed by atoms with E-state index in [-0.39, 0.29) is 0 Å². The molecule has 1 nitrogen and oxygen atoms in total. The van der Waals surface area contributed by atoms with Crippen molar-refractivity contribution in [3.8, 4) is 0 Å². The molecule has 0 amide bonds. The van der Waals surface area contributed by atoms with E-state index < -0.39 is 5.24 Å². The van der Waals surface area contributed by atoms with Gasteiger partial charge in [-0.05, 0) is 40.3 Å². The average Bonchev–Trinajstić information content (AvgIpc) is 2.78. The van der Waals surface area contributed by atoms with Crippen molar-refractivity contribution in [1.29, 1.82) is 0 Å². The first-order valence-corrected chi connectivity index (χ1v) is 6.68. The minimum Gasteiger partial charge on any atom is -0.276 e. The highest BCUT2D eigenvalue weighted by Gasteiger charge is 2.27. The molecule has 0 fully saturated rings. The molecule has 1 aliphatic rings. The van der Waals surface area contributed by atoms with E-state index in [1.165, 1.54) is 11.1 Å². The number of benzene rings is 2. The molecule has 1 aliphatic carbocycles. The Balaban J connectivity index is 2.09. The largest absolute Gasteiger partial charge is 0.276 e. The van der Waals surface area contributed by atoms with Crippen molar-refractivity contribution in [3.63, 3.8) is 0 Å². The Morgan fingerprint density at radius 2 is 1.74 bits per heavy atom. The SMILES string of the molecule is O=C(Cl)/C=C1/CC(c2ccccc2)c2ccccc21. The minimum absolute atomic E-state index is 0.319. The third kappa shape index (κ3) is 2.34. The van der Waals surface area contributed by atoms with Crippen LogP contribution in [0.5, 0.6) is 0 Å². The predicted octanol–water partition coefficient (Wildman–Crippen LogP) is 4.37. The lowest BCUT2D eigenvalue weighted by Crippen LogP contribution is -1.94. The van der Waals surface area contributed by atoms with Crippen LogP contribution in [-0.2, 0) is 4.79 Å². The molecular formula is C17H13ClO. The van der Waals surface area contributed by atoms with E-state index in [0.29, 0.717) is 5.92 Å². The second kappa shape index (κ2) is 5.02. The Hall–Kier alpha value is -1.86. The van der Waals surface area contributed by atoms with Crippen LogP contribution in [0, 0.1) is 0 Å². The third-order valence-electron chi connectivity index (χ3n) is 3.60. The van der Waals surface area contributed by atoms with Crippen molar-refractivity contribution in [1.82, 2.24) is 0 Å². The van der Waals surface area contributed by atoms with Gasteiger partial charge in [-0.2, -0.15) is 0 Å². The van der Waals surface area contributed by atoms with Crippen LogP contribution in [0.15, 0.2) is 60.7 Å². The highest BCUT2D eigenvalue weighted by atomic mass is 35.5. The van der Waals surface area contributed by atoms with Gasteiger partial charge in [-0.25, -0.2) is 0 Å². The molecule has 0 aromatic heterocycles. The number of halogens is 1. The highest BCUT2D eigenvalue weighted by molar-refractivity contribution is 6.67. The third-order valence-corrected chi connectivity index (χ3v) is 3.70. The molecule has 94 valence electrons.